The van der Waals surface area contributed by atoms with E-state index in [-0.39, 0.29) is 29.3 Å². The Labute approximate surface area is 240 Å². The summed E-state index contributed by atoms with van der Waals surface area (Å²) in [5.74, 6) is 0.536. The topological polar surface area (TPSA) is 92.6 Å². The minimum absolute atomic E-state index is 0.0434. The summed E-state index contributed by atoms with van der Waals surface area (Å²) in [5.41, 5.74) is 4.07. The Kier molecular flexibility index (Phi) is 10.7. The average molecular weight is 560 g/mol. The lowest BCUT2D eigenvalue weighted by atomic mass is 9.94. The van der Waals surface area contributed by atoms with E-state index in [9.17, 15) is 19.7 Å². The Morgan fingerprint density at radius 2 is 1.57 bits per heavy atom. The maximum atomic E-state index is 13.8. The molecule has 1 N–H and O–H groups in total. The van der Waals surface area contributed by atoms with Gasteiger partial charge in [0.05, 0.1) is 10.7 Å². The van der Waals surface area contributed by atoms with Gasteiger partial charge in [0.2, 0.25) is 11.8 Å². The zero-order chi connectivity index (χ0) is 28.3. The number of non-ortho nitro benzene ring substituents is 1. The molecule has 1 fully saturated rings. The van der Waals surface area contributed by atoms with Crippen molar-refractivity contribution >= 4 is 29.3 Å². The molecule has 4 rings (SSSR count). The zero-order valence-corrected chi connectivity index (χ0v) is 23.8. The van der Waals surface area contributed by atoms with Crippen LogP contribution < -0.4 is 5.32 Å². The van der Waals surface area contributed by atoms with Crippen molar-refractivity contribution in [1.29, 1.82) is 0 Å². The Balaban J connectivity index is 1.54. The molecule has 1 aliphatic rings. The number of nitrogens with zero attached hydrogens (tertiary/aromatic N) is 2. The summed E-state index contributed by atoms with van der Waals surface area (Å²) in [6.45, 7) is 2.37. The molecule has 1 saturated carbocycles. The van der Waals surface area contributed by atoms with Crippen LogP contribution in [-0.2, 0) is 28.3 Å². The van der Waals surface area contributed by atoms with Crippen LogP contribution in [0.5, 0.6) is 0 Å². The van der Waals surface area contributed by atoms with Gasteiger partial charge in [0, 0.05) is 36.9 Å². The molecule has 1 unspecified atom stereocenters. The summed E-state index contributed by atoms with van der Waals surface area (Å²) in [6, 6.07) is 23.8. The predicted molar refractivity (Wildman–Crippen MR) is 160 cm³/mol. The standard InChI is InChI=1S/C32H37N3O4S/c1-24-12-14-26(15-13-24)21-34(31(36)23-40-22-27-16-18-29(19-17-27)35(38)39)30(20-25-8-4-2-5-9-25)32(37)33-28-10-6-3-7-11-28/h2,4-5,8-9,12-19,28,30H,3,6-7,10-11,20-23H2,1H3,(H,33,37). The number of amides is 2. The van der Waals surface area contributed by atoms with E-state index >= 15 is 0 Å². The van der Waals surface area contributed by atoms with E-state index in [4.69, 9.17) is 0 Å². The molecule has 2 amide bonds. The summed E-state index contributed by atoms with van der Waals surface area (Å²) >= 11 is 1.45. The lowest BCUT2D eigenvalue weighted by Crippen LogP contribution is -2.53. The number of nitro benzene ring substituents is 1. The highest BCUT2D eigenvalue weighted by atomic mass is 32.2. The van der Waals surface area contributed by atoms with Gasteiger partial charge in [0.15, 0.2) is 0 Å². The van der Waals surface area contributed by atoms with E-state index < -0.39 is 11.0 Å². The molecule has 7 nitrogen and oxygen atoms in total. The highest BCUT2D eigenvalue weighted by Gasteiger charge is 2.31. The number of nitrogens with one attached hydrogen (secondary N) is 1. The third kappa shape index (κ3) is 8.68. The SMILES string of the molecule is Cc1ccc(CN(C(=O)CSCc2ccc([N+](=O)[O-])cc2)C(Cc2ccccc2)C(=O)NC2CCCCC2)cc1. The van der Waals surface area contributed by atoms with Crippen LogP contribution in [0.1, 0.15) is 54.4 Å². The molecule has 0 saturated heterocycles. The molecule has 0 spiro atoms. The molecule has 0 bridgehead atoms. The molecule has 0 aliphatic heterocycles. The number of thioether (sulfide) groups is 1. The van der Waals surface area contributed by atoms with Crippen LogP contribution >= 0.6 is 11.8 Å². The highest BCUT2D eigenvalue weighted by Crippen LogP contribution is 2.22. The molecule has 0 radical (unpaired) electrons. The quantitative estimate of drug-likeness (QED) is 0.210. The van der Waals surface area contributed by atoms with Gasteiger partial charge in [-0.1, -0.05) is 91.6 Å². The van der Waals surface area contributed by atoms with Crippen molar-refractivity contribution in [1.82, 2.24) is 10.2 Å². The van der Waals surface area contributed by atoms with E-state index in [2.05, 4.69) is 5.32 Å². The fraction of sp³-hybridized carbons (Fsp3) is 0.375. The van der Waals surface area contributed by atoms with Crippen LogP contribution in [0.2, 0.25) is 0 Å². The highest BCUT2D eigenvalue weighted by molar-refractivity contribution is 7.99. The van der Waals surface area contributed by atoms with Gasteiger partial charge in [0.25, 0.3) is 5.69 Å². The second-order valence-corrected chi connectivity index (χ2v) is 11.5. The second kappa shape index (κ2) is 14.7. The van der Waals surface area contributed by atoms with Gasteiger partial charge >= 0.3 is 0 Å². The smallest absolute Gasteiger partial charge is 0.269 e. The van der Waals surface area contributed by atoms with E-state index in [0.29, 0.717) is 18.7 Å². The summed E-state index contributed by atoms with van der Waals surface area (Å²) in [7, 11) is 0. The van der Waals surface area contributed by atoms with Crippen molar-refractivity contribution in [2.45, 2.75) is 69.8 Å². The number of benzene rings is 3. The lowest BCUT2D eigenvalue weighted by molar-refractivity contribution is -0.384. The maximum Gasteiger partial charge on any atom is 0.269 e. The number of hydrogen-bond acceptors (Lipinski definition) is 5. The molecular formula is C32H37N3O4S. The third-order valence-electron chi connectivity index (χ3n) is 7.34. The van der Waals surface area contributed by atoms with Crippen LogP contribution in [0, 0.1) is 17.0 Å². The van der Waals surface area contributed by atoms with Gasteiger partial charge in [-0.05, 0) is 36.5 Å². The van der Waals surface area contributed by atoms with E-state index in [1.807, 2.05) is 61.5 Å². The first kappa shape index (κ1) is 29.3. The average Bonchev–Trinajstić information content (AvgIpc) is 2.97. The fourth-order valence-corrected chi connectivity index (χ4v) is 5.91. The minimum Gasteiger partial charge on any atom is -0.352 e. The second-order valence-electron chi connectivity index (χ2n) is 10.5. The van der Waals surface area contributed by atoms with Crippen molar-refractivity contribution in [3.63, 3.8) is 0 Å². The lowest BCUT2D eigenvalue weighted by Gasteiger charge is -2.33. The molecule has 0 aromatic heterocycles. The van der Waals surface area contributed by atoms with E-state index in [1.165, 1.54) is 30.3 Å². The maximum absolute atomic E-state index is 13.8. The third-order valence-corrected chi connectivity index (χ3v) is 8.33. The Morgan fingerprint density at radius 3 is 2.23 bits per heavy atom. The molecule has 3 aromatic rings. The Hall–Kier alpha value is -3.65. The van der Waals surface area contributed by atoms with Gasteiger partial charge in [-0.25, -0.2) is 0 Å². The zero-order valence-electron chi connectivity index (χ0n) is 23.0. The number of carbonyl (C=O) groups excluding carboxylic acids is 2. The normalized spacial score (nSPS) is 14.3. The summed E-state index contributed by atoms with van der Waals surface area (Å²) in [6.07, 6.45) is 5.80. The molecule has 210 valence electrons. The monoisotopic (exact) mass is 559 g/mol. The molecule has 0 heterocycles. The molecule has 40 heavy (non-hydrogen) atoms. The largest absolute Gasteiger partial charge is 0.352 e. The van der Waals surface area contributed by atoms with Crippen LogP contribution in [-0.4, -0.2) is 39.5 Å². The molecular weight excluding hydrogens is 522 g/mol. The van der Waals surface area contributed by atoms with Crippen molar-refractivity contribution in [2.24, 2.45) is 0 Å². The number of carbonyl (C=O) groups is 2. The van der Waals surface area contributed by atoms with Crippen molar-refractivity contribution in [3.05, 3.63) is 111 Å². The summed E-state index contributed by atoms with van der Waals surface area (Å²) < 4.78 is 0. The van der Waals surface area contributed by atoms with Crippen LogP contribution in [0.3, 0.4) is 0 Å². The minimum atomic E-state index is -0.641. The van der Waals surface area contributed by atoms with Crippen molar-refractivity contribution in [2.75, 3.05) is 5.75 Å². The number of aryl methyl sites for hydroxylation is 1. The first-order valence-electron chi connectivity index (χ1n) is 13.9. The first-order valence-corrected chi connectivity index (χ1v) is 15.0. The number of hydrogen-bond donors (Lipinski definition) is 1. The molecule has 8 heteroatoms. The molecule has 3 aromatic carbocycles. The summed E-state index contributed by atoms with van der Waals surface area (Å²) in [5, 5.41) is 14.2. The molecule has 1 aliphatic carbocycles. The molecule has 1 atom stereocenters. The van der Waals surface area contributed by atoms with Gasteiger partial charge in [0.1, 0.15) is 6.04 Å². The number of nitro groups is 1. The number of rotatable bonds is 12. The Morgan fingerprint density at radius 1 is 0.925 bits per heavy atom. The predicted octanol–water partition coefficient (Wildman–Crippen LogP) is 6.23. The first-order chi connectivity index (χ1) is 19.4. The van der Waals surface area contributed by atoms with Crippen LogP contribution in [0.4, 0.5) is 5.69 Å². The van der Waals surface area contributed by atoms with Gasteiger partial charge in [-0.3, -0.25) is 19.7 Å². The van der Waals surface area contributed by atoms with Crippen molar-refractivity contribution < 1.29 is 14.5 Å². The van der Waals surface area contributed by atoms with E-state index in [0.717, 1.165) is 47.9 Å². The van der Waals surface area contributed by atoms with Gasteiger partial charge in [-0.2, -0.15) is 0 Å². The van der Waals surface area contributed by atoms with Gasteiger partial charge in [-0.15, -0.1) is 11.8 Å². The van der Waals surface area contributed by atoms with Crippen LogP contribution in [0.25, 0.3) is 0 Å². The van der Waals surface area contributed by atoms with Crippen LogP contribution in [0.15, 0.2) is 78.9 Å². The summed E-state index contributed by atoms with van der Waals surface area (Å²) in [4.78, 5) is 39.9. The van der Waals surface area contributed by atoms with E-state index in [1.54, 1.807) is 17.0 Å². The van der Waals surface area contributed by atoms with Crippen molar-refractivity contribution in [3.8, 4) is 0 Å². The Bertz CT molecular complexity index is 1260. The van der Waals surface area contributed by atoms with Gasteiger partial charge < -0.3 is 10.2 Å². The fourth-order valence-electron chi connectivity index (χ4n) is 5.04.